The molecule has 0 bridgehead atoms. The Kier molecular flexibility index (Phi) is 3.92. The molecule has 5 heteroatoms. The average Bonchev–Trinajstić information content (AvgIpc) is 2.85. The number of hydrogen-bond acceptors (Lipinski definition) is 3. The number of para-hydroxylation sites is 2. The van der Waals surface area contributed by atoms with Crippen LogP contribution in [0.4, 0.5) is 5.95 Å². The molecule has 21 heavy (non-hydrogen) atoms. The van der Waals surface area contributed by atoms with Crippen LogP contribution in [0.25, 0.3) is 11.0 Å². The van der Waals surface area contributed by atoms with E-state index in [-0.39, 0.29) is 5.91 Å². The van der Waals surface area contributed by atoms with E-state index in [2.05, 4.69) is 20.9 Å². The molecule has 1 fully saturated rings. The highest BCUT2D eigenvalue weighted by atomic mass is 16.2. The van der Waals surface area contributed by atoms with Gasteiger partial charge in [-0.1, -0.05) is 31.4 Å². The largest absolute Gasteiger partial charge is 0.320 e. The predicted molar refractivity (Wildman–Crippen MR) is 84.1 cm³/mol. The molecule has 112 valence electrons. The number of carbonyl (C=O) groups excluding carboxylic acids is 1. The average molecular weight is 286 g/mol. The molecule has 1 aliphatic carbocycles. The molecule has 1 atom stereocenters. The number of aromatic nitrogens is 2. The summed E-state index contributed by atoms with van der Waals surface area (Å²) < 4.78 is 2.19. The lowest BCUT2D eigenvalue weighted by molar-refractivity contribution is -0.117. The van der Waals surface area contributed by atoms with Crippen LogP contribution >= 0.6 is 0 Å². The van der Waals surface area contributed by atoms with Crippen LogP contribution in [0.5, 0.6) is 0 Å². The van der Waals surface area contributed by atoms with Crippen LogP contribution in [-0.4, -0.2) is 21.5 Å². The number of carbonyl (C=O) groups is 1. The summed E-state index contributed by atoms with van der Waals surface area (Å²) >= 11 is 0. The maximum atomic E-state index is 11.9. The van der Waals surface area contributed by atoms with E-state index in [9.17, 15) is 4.79 Å². The molecule has 1 amide bonds. The zero-order valence-corrected chi connectivity index (χ0v) is 12.4. The molecule has 3 rings (SSSR count). The lowest BCUT2D eigenvalue weighted by Gasteiger charge is -2.25. The Bertz CT molecular complexity index is 641. The van der Waals surface area contributed by atoms with Gasteiger partial charge in [0.2, 0.25) is 11.9 Å². The number of hydrogen-bond donors (Lipinski definition) is 2. The van der Waals surface area contributed by atoms with Gasteiger partial charge in [0.25, 0.3) is 0 Å². The van der Waals surface area contributed by atoms with Crippen LogP contribution in [0, 0.1) is 0 Å². The number of nitrogens with zero attached hydrogens (tertiary/aromatic N) is 2. The highest BCUT2D eigenvalue weighted by Gasteiger charge is 2.22. The zero-order valence-electron chi connectivity index (χ0n) is 12.4. The van der Waals surface area contributed by atoms with Gasteiger partial charge in [-0.3, -0.25) is 10.1 Å². The van der Waals surface area contributed by atoms with Crippen LogP contribution in [0.1, 0.15) is 45.1 Å². The molecule has 1 saturated carbocycles. The first-order valence-corrected chi connectivity index (χ1v) is 7.70. The molecular weight excluding hydrogens is 264 g/mol. The number of nitrogens with one attached hydrogen (secondary N) is 1. The summed E-state index contributed by atoms with van der Waals surface area (Å²) in [4.78, 5) is 16.5. The maximum Gasteiger partial charge on any atom is 0.243 e. The summed E-state index contributed by atoms with van der Waals surface area (Å²) in [7, 11) is 0. The van der Waals surface area contributed by atoms with Crippen molar-refractivity contribution in [3.63, 3.8) is 0 Å². The van der Waals surface area contributed by atoms with Gasteiger partial charge in [0.15, 0.2) is 0 Å². The standard InChI is InChI=1S/C16H22N4O/c1-11(17)15(21)19-16-18-13-9-5-6-10-14(13)20(16)12-7-3-2-4-8-12/h5-6,9-12H,2-4,7-8,17H2,1H3,(H,18,19,21)/t11-/m1/s1. The minimum absolute atomic E-state index is 0.192. The van der Waals surface area contributed by atoms with Gasteiger partial charge in [0.05, 0.1) is 17.1 Å². The van der Waals surface area contributed by atoms with Crippen LogP contribution in [0.3, 0.4) is 0 Å². The second kappa shape index (κ2) is 5.85. The molecule has 3 N–H and O–H groups in total. The summed E-state index contributed by atoms with van der Waals surface area (Å²) in [6.45, 7) is 1.68. The molecular formula is C16H22N4O. The van der Waals surface area contributed by atoms with Crippen molar-refractivity contribution in [2.45, 2.75) is 51.1 Å². The fourth-order valence-corrected chi connectivity index (χ4v) is 3.07. The Balaban J connectivity index is 2.03. The number of rotatable bonds is 3. The van der Waals surface area contributed by atoms with E-state index in [1.807, 2.05) is 18.2 Å². The summed E-state index contributed by atoms with van der Waals surface area (Å²) in [6.07, 6.45) is 6.04. The summed E-state index contributed by atoms with van der Waals surface area (Å²) in [6, 6.07) is 7.91. The monoisotopic (exact) mass is 286 g/mol. The molecule has 1 heterocycles. The third-order valence-electron chi connectivity index (χ3n) is 4.18. The quantitative estimate of drug-likeness (QED) is 0.911. The molecule has 5 nitrogen and oxygen atoms in total. The van der Waals surface area contributed by atoms with Crippen LogP contribution in [0.15, 0.2) is 24.3 Å². The lowest BCUT2D eigenvalue weighted by Crippen LogP contribution is -2.33. The van der Waals surface area contributed by atoms with Crippen molar-refractivity contribution in [1.29, 1.82) is 0 Å². The minimum Gasteiger partial charge on any atom is -0.320 e. The maximum absolute atomic E-state index is 11.9. The van der Waals surface area contributed by atoms with Gasteiger partial charge < -0.3 is 10.3 Å². The fourth-order valence-electron chi connectivity index (χ4n) is 3.07. The SMILES string of the molecule is C[C@@H](N)C(=O)Nc1nc2ccccc2n1C1CCCCC1. The molecule has 0 saturated heterocycles. The van der Waals surface area contributed by atoms with Crippen LogP contribution in [0.2, 0.25) is 0 Å². The van der Waals surface area contributed by atoms with E-state index >= 15 is 0 Å². The van der Waals surface area contributed by atoms with E-state index in [0.717, 1.165) is 23.9 Å². The lowest BCUT2D eigenvalue weighted by atomic mass is 9.95. The van der Waals surface area contributed by atoms with Gasteiger partial charge >= 0.3 is 0 Å². The molecule has 0 aliphatic heterocycles. The summed E-state index contributed by atoms with van der Waals surface area (Å²) in [5, 5.41) is 2.88. The van der Waals surface area contributed by atoms with Gasteiger partial charge in [-0.2, -0.15) is 0 Å². The van der Waals surface area contributed by atoms with Gasteiger partial charge in [-0.15, -0.1) is 0 Å². The second-order valence-electron chi connectivity index (χ2n) is 5.86. The number of anilines is 1. The van der Waals surface area contributed by atoms with Crippen LogP contribution in [-0.2, 0) is 4.79 Å². The third-order valence-corrected chi connectivity index (χ3v) is 4.18. The van der Waals surface area contributed by atoms with Gasteiger partial charge in [0, 0.05) is 6.04 Å². The van der Waals surface area contributed by atoms with Crippen molar-refractivity contribution in [2.75, 3.05) is 5.32 Å². The molecule has 0 unspecified atom stereocenters. The zero-order chi connectivity index (χ0) is 14.8. The van der Waals surface area contributed by atoms with Crippen molar-refractivity contribution < 1.29 is 4.79 Å². The fraction of sp³-hybridized carbons (Fsp3) is 0.500. The summed E-state index contributed by atoms with van der Waals surface area (Å²) in [5.74, 6) is 0.438. The smallest absolute Gasteiger partial charge is 0.243 e. The highest BCUT2D eigenvalue weighted by Crippen LogP contribution is 2.34. The molecule has 0 radical (unpaired) electrons. The first-order chi connectivity index (χ1) is 10.2. The van der Waals surface area contributed by atoms with E-state index in [4.69, 9.17) is 5.73 Å². The van der Waals surface area contributed by atoms with Crippen molar-refractivity contribution in [3.05, 3.63) is 24.3 Å². The molecule has 1 aromatic heterocycles. The van der Waals surface area contributed by atoms with Crippen molar-refractivity contribution in [1.82, 2.24) is 9.55 Å². The predicted octanol–water partition coefficient (Wildman–Crippen LogP) is 2.83. The number of imidazole rings is 1. The normalized spacial score (nSPS) is 17.8. The van der Waals surface area contributed by atoms with Crippen molar-refractivity contribution >= 4 is 22.9 Å². The van der Waals surface area contributed by atoms with Gasteiger partial charge in [-0.05, 0) is 31.9 Å². The molecule has 2 aromatic rings. The highest BCUT2D eigenvalue weighted by molar-refractivity contribution is 5.94. The molecule has 1 aliphatic rings. The number of benzene rings is 1. The third kappa shape index (κ3) is 2.78. The van der Waals surface area contributed by atoms with Gasteiger partial charge in [-0.25, -0.2) is 4.98 Å². The van der Waals surface area contributed by atoms with Gasteiger partial charge in [0.1, 0.15) is 0 Å². The van der Waals surface area contributed by atoms with Crippen molar-refractivity contribution in [2.24, 2.45) is 5.73 Å². The Morgan fingerprint density at radius 2 is 2.05 bits per heavy atom. The summed E-state index contributed by atoms with van der Waals surface area (Å²) in [5.41, 5.74) is 7.66. The Morgan fingerprint density at radius 3 is 2.76 bits per heavy atom. The minimum atomic E-state index is -0.537. The van der Waals surface area contributed by atoms with E-state index in [1.54, 1.807) is 6.92 Å². The Morgan fingerprint density at radius 1 is 1.33 bits per heavy atom. The molecule has 0 spiro atoms. The van der Waals surface area contributed by atoms with Crippen LogP contribution < -0.4 is 11.1 Å². The Hall–Kier alpha value is -1.88. The first kappa shape index (κ1) is 14.1. The number of fused-ring (bicyclic) bond motifs is 1. The Labute approximate surface area is 124 Å². The van der Waals surface area contributed by atoms with E-state index in [0.29, 0.717) is 12.0 Å². The van der Waals surface area contributed by atoms with E-state index < -0.39 is 6.04 Å². The molecule has 1 aromatic carbocycles. The van der Waals surface area contributed by atoms with E-state index in [1.165, 1.54) is 19.3 Å². The topological polar surface area (TPSA) is 72.9 Å². The number of nitrogens with two attached hydrogens (primary N) is 1. The first-order valence-electron chi connectivity index (χ1n) is 7.70. The van der Waals surface area contributed by atoms with Crippen molar-refractivity contribution in [3.8, 4) is 0 Å². The second-order valence-corrected chi connectivity index (χ2v) is 5.86. The number of amides is 1.